The maximum Gasteiger partial charge on any atom is 0.309 e. The second-order valence-electron chi connectivity index (χ2n) is 18.1. The largest absolute Gasteiger partial charge is 0.462 e. The van der Waals surface area contributed by atoms with Gasteiger partial charge in [0.05, 0.1) is 17.4 Å². The average molecular weight is 699 g/mol. The average Bonchev–Trinajstić information content (AvgIpc) is 3.91. The van der Waals surface area contributed by atoms with Crippen LogP contribution in [0.2, 0.25) is 0 Å². The molecule has 3 heterocycles. The van der Waals surface area contributed by atoms with Crippen LogP contribution in [0.1, 0.15) is 74.7 Å². The molecule has 12 heteroatoms. The van der Waals surface area contributed by atoms with E-state index in [1.807, 2.05) is 27.7 Å². The number of carbonyl (C=O) groups is 4. The van der Waals surface area contributed by atoms with Crippen LogP contribution in [0.25, 0.3) is 0 Å². The molecule has 50 heavy (non-hydrogen) atoms. The molecule has 0 unspecified atom stereocenters. The molecule has 3 saturated heterocycles. The number of hydrogen-bond acceptors (Lipinski definition) is 12. The van der Waals surface area contributed by atoms with E-state index in [2.05, 4.69) is 13.5 Å². The molecule has 9 fully saturated rings. The third kappa shape index (κ3) is 3.58. The Hall–Kier alpha value is -2.54. The summed E-state index contributed by atoms with van der Waals surface area (Å²) in [5.41, 5.74) is -4.76. The highest BCUT2D eigenvalue weighted by Gasteiger charge is 2.92. The van der Waals surface area contributed by atoms with Crippen LogP contribution in [0, 0.1) is 69.5 Å². The molecule has 0 aromatic rings. The Bertz CT molecular complexity index is 1620. The van der Waals surface area contributed by atoms with Gasteiger partial charge in [0, 0.05) is 48.3 Å². The number of fused-ring (bicyclic) bond motifs is 9. The molecule has 6 saturated carbocycles. The Morgan fingerprint density at radius 3 is 2.14 bits per heavy atom. The van der Waals surface area contributed by atoms with Crippen LogP contribution < -0.4 is 0 Å². The minimum absolute atomic E-state index is 0.166. The minimum Gasteiger partial charge on any atom is -0.462 e. The zero-order valence-electron chi connectivity index (χ0n) is 30.0. The van der Waals surface area contributed by atoms with E-state index in [0.717, 1.165) is 0 Å². The van der Waals surface area contributed by atoms with E-state index < -0.39 is 112 Å². The SMILES string of the molecule is C=C1O[C@@]23O[C@@H]2[C@@H](C)[C@H]2[C@@H]([C@H](OC(=O)C4CC4)[C@H]4[C@H]5[C@H]([C@H](C)[C@H](OC(C)=O)[C@@]42C)[C@]2(C)[C@H](C[C@@H]4O[C@@H]4[C@@H]2OC(C)=O)C(=O)[C@@H]5O)[C@@]3(C)[C@]1(C)O. The summed E-state index contributed by atoms with van der Waals surface area (Å²) in [7, 11) is 0. The van der Waals surface area contributed by atoms with Gasteiger partial charge in [-0.25, -0.2) is 0 Å². The van der Waals surface area contributed by atoms with E-state index in [9.17, 15) is 29.4 Å². The first-order valence-corrected chi connectivity index (χ1v) is 18.5. The number of aliphatic hydroxyl groups is 2. The summed E-state index contributed by atoms with van der Waals surface area (Å²) in [5, 5.41) is 24.8. The maximum atomic E-state index is 14.6. The van der Waals surface area contributed by atoms with Crippen LogP contribution >= 0.6 is 0 Å². The fourth-order valence-electron chi connectivity index (χ4n) is 13.9. The molecule has 274 valence electrons. The highest BCUT2D eigenvalue weighted by molar-refractivity contribution is 5.88. The lowest BCUT2D eigenvalue weighted by atomic mass is 9.39. The van der Waals surface area contributed by atoms with E-state index in [-0.39, 0.29) is 41.4 Å². The van der Waals surface area contributed by atoms with Crippen molar-refractivity contribution in [3.8, 4) is 0 Å². The fourth-order valence-corrected chi connectivity index (χ4v) is 13.9. The molecule has 9 aliphatic rings. The molecule has 9 rings (SSSR count). The smallest absolute Gasteiger partial charge is 0.309 e. The quantitative estimate of drug-likeness (QED) is 0.250. The van der Waals surface area contributed by atoms with Crippen LogP contribution in [0.15, 0.2) is 12.3 Å². The number of Topliss-reactive ketones (excluding diaryl/α,β-unsaturated/α-hetero) is 1. The van der Waals surface area contributed by atoms with Crippen molar-refractivity contribution in [2.45, 2.75) is 129 Å². The first-order valence-electron chi connectivity index (χ1n) is 18.5. The third-order valence-corrected chi connectivity index (χ3v) is 16.1. The normalized spacial score (nSPS) is 59.2. The van der Waals surface area contributed by atoms with Gasteiger partial charge in [-0.3, -0.25) is 19.2 Å². The number of rotatable bonds is 4. The molecule has 2 N–H and O–H groups in total. The summed E-state index contributed by atoms with van der Waals surface area (Å²) in [5.74, 6) is -7.29. The number of hydrogen-bond donors (Lipinski definition) is 2. The van der Waals surface area contributed by atoms with Gasteiger partial charge >= 0.3 is 17.9 Å². The first-order chi connectivity index (χ1) is 23.3. The second-order valence-corrected chi connectivity index (χ2v) is 18.1. The van der Waals surface area contributed by atoms with Gasteiger partial charge in [-0.15, -0.1) is 0 Å². The van der Waals surface area contributed by atoms with Crippen molar-refractivity contribution in [1.29, 1.82) is 0 Å². The molecule has 12 nitrogen and oxygen atoms in total. The number of ketones is 1. The Morgan fingerprint density at radius 1 is 0.880 bits per heavy atom. The summed E-state index contributed by atoms with van der Waals surface area (Å²) in [4.78, 5) is 54.3. The van der Waals surface area contributed by atoms with E-state index in [4.69, 9.17) is 28.4 Å². The third-order valence-electron chi connectivity index (χ3n) is 16.1. The summed E-state index contributed by atoms with van der Waals surface area (Å²) in [6, 6.07) is 0. The molecule has 6 aliphatic carbocycles. The molecule has 20 atom stereocenters. The van der Waals surface area contributed by atoms with Crippen molar-refractivity contribution >= 4 is 23.7 Å². The molecule has 0 bridgehead atoms. The summed E-state index contributed by atoms with van der Waals surface area (Å²) in [6.07, 6.45) is -3.19. The van der Waals surface area contributed by atoms with Crippen molar-refractivity contribution in [3.05, 3.63) is 12.3 Å². The first kappa shape index (κ1) is 33.3. The van der Waals surface area contributed by atoms with Crippen LogP contribution in [0.3, 0.4) is 0 Å². The monoisotopic (exact) mass is 698 g/mol. The fraction of sp³-hybridized carbons (Fsp3) is 0.842. The number of ether oxygens (including phenoxy) is 6. The van der Waals surface area contributed by atoms with E-state index >= 15 is 0 Å². The topological polar surface area (TPSA) is 171 Å². The van der Waals surface area contributed by atoms with E-state index in [0.29, 0.717) is 19.3 Å². The van der Waals surface area contributed by atoms with Crippen molar-refractivity contribution in [1.82, 2.24) is 0 Å². The second kappa shape index (κ2) is 9.71. The van der Waals surface area contributed by atoms with Gasteiger partial charge in [-0.05, 0) is 56.8 Å². The zero-order valence-corrected chi connectivity index (χ0v) is 30.0. The van der Waals surface area contributed by atoms with Gasteiger partial charge in [0.2, 0.25) is 5.79 Å². The molecule has 3 aliphatic heterocycles. The van der Waals surface area contributed by atoms with Gasteiger partial charge in [0.15, 0.2) is 5.78 Å². The van der Waals surface area contributed by atoms with E-state index in [1.165, 1.54) is 13.8 Å². The van der Waals surface area contributed by atoms with E-state index in [1.54, 1.807) is 6.92 Å². The maximum absolute atomic E-state index is 14.6. The number of esters is 3. The lowest BCUT2D eigenvalue weighted by molar-refractivity contribution is -0.253. The standard InChI is InChI=1S/C38H50O12/c1-13-22-21(27(42)26(41)19-12-20-28(47-20)32(34(19,22)6)46-17(5)40)24-29(48-33(43)18-10-11-18)25-23(35(24,7)30(13)45-16(4)39)14(2)31-38(50-31)36(25,8)37(9,44)15(3)49-38/h13-14,18-25,27-32,42,44H,3,10-12H2,1-2,4-9H3/t13-,14-,19+,20-,21+,22-,23-,24+,25-,27+,28-,29+,30-,31+,32-,34-,35+,36-,37+,38+/m0/s1. The molecule has 0 aromatic carbocycles. The Balaban J connectivity index is 1.29. The molecule has 0 radical (unpaired) electrons. The molecular formula is C38H50O12. The minimum atomic E-state index is -1.61. The molecular weight excluding hydrogens is 648 g/mol. The van der Waals surface area contributed by atoms with Crippen molar-refractivity contribution < 1.29 is 57.8 Å². The number of aliphatic hydroxyl groups excluding tert-OH is 1. The molecule has 1 spiro atoms. The van der Waals surface area contributed by atoms with Gasteiger partial charge in [-0.2, -0.15) is 0 Å². The van der Waals surface area contributed by atoms with Crippen molar-refractivity contribution in [3.63, 3.8) is 0 Å². The lowest BCUT2D eigenvalue weighted by Crippen LogP contribution is -2.72. The highest BCUT2D eigenvalue weighted by atomic mass is 16.8. The Morgan fingerprint density at radius 2 is 1.52 bits per heavy atom. The van der Waals surface area contributed by atoms with Crippen LogP contribution in [0.5, 0.6) is 0 Å². The van der Waals surface area contributed by atoms with Gasteiger partial charge in [0.1, 0.15) is 48.0 Å². The summed E-state index contributed by atoms with van der Waals surface area (Å²) in [6.45, 7) is 18.5. The van der Waals surface area contributed by atoms with Gasteiger partial charge in [-0.1, -0.05) is 34.3 Å². The number of epoxide rings is 2. The predicted octanol–water partition coefficient (Wildman–Crippen LogP) is 2.71. The summed E-state index contributed by atoms with van der Waals surface area (Å²) >= 11 is 0. The zero-order chi connectivity index (χ0) is 36.0. The summed E-state index contributed by atoms with van der Waals surface area (Å²) < 4.78 is 38.1. The highest BCUT2D eigenvalue weighted by Crippen LogP contribution is 2.82. The molecule has 0 aromatic heterocycles. The van der Waals surface area contributed by atoms with Crippen LogP contribution in [-0.4, -0.2) is 88.0 Å². The van der Waals surface area contributed by atoms with Crippen molar-refractivity contribution in [2.24, 2.45) is 69.5 Å². The van der Waals surface area contributed by atoms with Crippen molar-refractivity contribution in [2.75, 3.05) is 0 Å². The number of carbonyl (C=O) groups excluding carboxylic acids is 4. The Kier molecular flexibility index (Phi) is 6.47. The Labute approximate surface area is 291 Å². The van der Waals surface area contributed by atoms with Crippen LogP contribution in [-0.2, 0) is 47.6 Å². The van der Waals surface area contributed by atoms with Gasteiger partial charge in [0.25, 0.3) is 0 Å². The molecule has 0 amide bonds. The van der Waals surface area contributed by atoms with Gasteiger partial charge < -0.3 is 38.6 Å². The predicted molar refractivity (Wildman–Crippen MR) is 170 cm³/mol. The lowest BCUT2D eigenvalue weighted by Gasteiger charge is -2.65. The van der Waals surface area contributed by atoms with Crippen LogP contribution in [0.4, 0.5) is 0 Å².